The topological polar surface area (TPSA) is 32.7 Å². The van der Waals surface area contributed by atoms with Crippen molar-refractivity contribution in [3.8, 4) is 0 Å². The summed E-state index contributed by atoms with van der Waals surface area (Å²) in [6, 6.07) is 0.543. The average molecular weight is 271 g/mol. The Bertz CT molecular complexity index is 301. The van der Waals surface area contributed by atoms with E-state index in [1.165, 1.54) is 0 Å². The van der Waals surface area contributed by atoms with Gasteiger partial charge in [-0.25, -0.2) is 0 Å². The lowest BCUT2D eigenvalue weighted by molar-refractivity contribution is -0.0658. The van der Waals surface area contributed by atoms with Gasteiger partial charge in [-0.15, -0.1) is 0 Å². The molecule has 0 saturated carbocycles. The zero-order chi connectivity index (χ0) is 13.6. The molecule has 3 rings (SSSR count). The maximum Gasteiger partial charge on any atom is 0.192 e. The molecule has 4 heteroatoms. The molecule has 18 heavy (non-hydrogen) atoms. The summed E-state index contributed by atoms with van der Waals surface area (Å²) in [7, 11) is -1.62. The van der Waals surface area contributed by atoms with Crippen molar-refractivity contribution in [3.05, 3.63) is 0 Å². The fourth-order valence-corrected chi connectivity index (χ4v) is 3.85. The molecule has 0 aromatic carbocycles. The van der Waals surface area contributed by atoms with E-state index in [4.69, 9.17) is 4.43 Å². The summed E-state index contributed by atoms with van der Waals surface area (Å²) in [6.45, 7) is 14.4. The SMILES string of the molecule is CC(C)(C)[Si](C)(C)OC[C@@H]1C[C@@H]2CCN1C[C@H]2O. The van der Waals surface area contributed by atoms with Crippen molar-refractivity contribution in [2.45, 2.75) is 63.9 Å². The van der Waals surface area contributed by atoms with E-state index < -0.39 is 8.32 Å². The predicted molar refractivity (Wildman–Crippen MR) is 77.2 cm³/mol. The van der Waals surface area contributed by atoms with Crippen LogP contribution in [-0.2, 0) is 4.43 Å². The van der Waals surface area contributed by atoms with E-state index in [1.54, 1.807) is 0 Å². The molecule has 1 unspecified atom stereocenters. The van der Waals surface area contributed by atoms with E-state index in [1.807, 2.05) is 0 Å². The van der Waals surface area contributed by atoms with Crippen molar-refractivity contribution >= 4 is 8.32 Å². The second-order valence-corrected chi connectivity index (χ2v) is 12.4. The quantitative estimate of drug-likeness (QED) is 0.800. The van der Waals surface area contributed by atoms with Crippen molar-refractivity contribution in [3.63, 3.8) is 0 Å². The predicted octanol–water partition coefficient (Wildman–Crippen LogP) is 2.46. The fourth-order valence-electron chi connectivity index (χ4n) is 2.80. The lowest BCUT2D eigenvalue weighted by Gasteiger charge is -2.49. The maximum atomic E-state index is 9.90. The summed E-state index contributed by atoms with van der Waals surface area (Å²) in [5, 5.41) is 10.2. The Morgan fingerprint density at radius 1 is 1.33 bits per heavy atom. The summed E-state index contributed by atoms with van der Waals surface area (Å²) in [5.74, 6) is 0.517. The molecular weight excluding hydrogens is 242 g/mol. The molecule has 1 N–H and O–H groups in total. The standard InChI is InChI=1S/C14H29NO2Si/c1-14(2,3)18(4,5)17-10-12-8-11-6-7-15(12)9-13(11)16/h11-13,16H,6-10H2,1-5H3/t11-,12-,13+/m0/s1. The van der Waals surface area contributed by atoms with Gasteiger partial charge in [0.25, 0.3) is 0 Å². The molecule has 3 fully saturated rings. The van der Waals surface area contributed by atoms with Gasteiger partial charge in [0.15, 0.2) is 8.32 Å². The molecule has 0 amide bonds. The summed E-state index contributed by atoms with van der Waals surface area (Å²) in [4.78, 5) is 2.43. The Labute approximate surface area is 113 Å². The van der Waals surface area contributed by atoms with Crippen molar-refractivity contribution in [1.29, 1.82) is 0 Å². The molecule has 3 aliphatic rings. The van der Waals surface area contributed by atoms with Crippen LogP contribution in [0.25, 0.3) is 0 Å². The highest BCUT2D eigenvalue weighted by molar-refractivity contribution is 6.74. The van der Waals surface area contributed by atoms with Gasteiger partial charge in [-0.05, 0) is 43.4 Å². The lowest BCUT2D eigenvalue weighted by atomic mass is 9.81. The molecule has 0 spiro atoms. The maximum absolute atomic E-state index is 9.90. The minimum Gasteiger partial charge on any atom is -0.415 e. The van der Waals surface area contributed by atoms with E-state index in [0.717, 1.165) is 32.5 Å². The Balaban J connectivity index is 1.89. The zero-order valence-electron chi connectivity index (χ0n) is 12.6. The molecule has 3 heterocycles. The molecule has 2 bridgehead atoms. The fraction of sp³-hybridized carbons (Fsp3) is 1.00. The number of fused-ring (bicyclic) bond motifs is 3. The van der Waals surface area contributed by atoms with Crippen LogP contribution in [-0.4, -0.2) is 50.2 Å². The monoisotopic (exact) mass is 271 g/mol. The number of nitrogens with zero attached hydrogens (tertiary/aromatic N) is 1. The van der Waals surface area contributed by atoms with E-state index in [9.17, 15) is 5.11 Å². The van der Waals surface area contributed by atoms with Gasteiger partial charge in [0.05, 0.1) is 6.10 Å². The van der Waals surface area contributed by atoms with Gasteiger partial charge < -0.3 is 9.53 Å². The molecule has 3 aliphatic heterocycles. The van der Waals surface area contributed by atoms with E-state index in [-0.39, 0.29) is 11.1 Å². The molecule has 0 radical (unpaired) electrons. The lowest BCUT2D eigenvalue weighted by Crippen LogP contribution is -2.58. The van der Waals surface area contributed by atoms with Gasteiger partial charge in [0.2, 0.25) is 0 Å². The Hall–Kier alpha value is 0.0969. The minimum atomic E-state index is -1.62. The molecule has 3 nitrogen and oxygen atoms in total. The molecule has 0 aromatic rings. The van der Waals surface area contributed by atoms with E-state index >= 15 is 0 Å². The molecule has 3 saturated heterocycles. The first kappa shape index (κ1) is 14.5. The third-order valence-corrected chi connectivity index (χ3v) is 9.79. The van der Waals surface area contributed by atoms with Crippen molar-refractivity contribution in [2.75, 3.05) is 19.7 Å². The van der Waals surface area contributed by atoms with Gasteiger partial charge >= 0.3 is 0 Å². The smallest absolute Gasteiger partial charge is 0.192 e. The summed E-state index contributed by atoms with van der Waals surface area (Å²) in [6.07, 6.45) is 2.19. The minimum absolute atomic E-state index is 0.0946. The Morgan fingerprint density at radius 2 is 2.00 bits per heavy atom. The van der Waals surface area contributed by atoms with Crippen LogP contribution in [0.15, 0.2) is 0 Å². The van der Waals surface area contributed by atoms with Gasteiger partial charge in [-0.1, -0.05) is 20.8 Å². The first-order valence-electron chi connectivity index (χ1n) is 7.27. The highest BCUT2D eigenvalue weighted by Gasteiger charge is 2.42. The van der Waals surface area contributed by atoms with Crippen molar-refractivity contribution in [1.82, 2.24) is 4.90 Å². The van der Waals surface area contributed by atoms with Gasteiger partial charge in [0, 0.05) is 19.2 Å². The number of aliphatic hydroxyl groups excluding tert-OH is 1. The molecule has 0 aromatic heterocycles. The molecular formula is C14H29NO2Si. The summed E-state index contributed by atoms with van der Waals surface area (Å²) < 4.78 is 6.34. The summed E-state index contributed by atoms with van der Waals surface area (Å²) >= 11 is 0. The second kappa shape index (κ2) is 4.89. The number of aliphatic hydroxyl groups is 1. The normalized spacial score (nSPS) is 37.0. The van der Waals surface area contributed by atoms with Crippen LogP contribution in [0, 0.1) is 5.92 Å². The third-order valence-electron chi connectivity index (χ3n) is 5.29. The van der Waals surface area contributed by atoms with Gasteiger partial charge in [-0.3, -0.25) is 4.90 Å². The van der Waals surface area contributed by atoms with E-state index in [0.29, 0.717) is 12.0 Å². The van der Waals surface area contributed by atoms with Crippen LogP contribution in [0.1, 0.15) is 33.6 Å². The van der Waals surface area contributed by atoms with Crippen LogP contribution in [0.4, 0.5) is 0 Å². The third kappa shape index (κ3) is 2.82. The highest BCUT2D eigenvalue weighted by Crippen LogP contribution is 2.38. The number of rotatable bonds is 3. The van der Waals surface area contributed by atoms with Crippen molar-refractivity contribution in [2.24, 2.45) is 5.92 Å². The van der Waals surface area contributed by atoms with Crippen LogP contribution < -0.4 is 0 Å². The second-order valence-electron chi connectivity index (χ2n) is 7.57. The molecule has 106 valence electrons. The zero-order valence-corrected chi connectivity index (χ0v) is 13.6. The van der Waals surface area contributed by atoms with Crippen LogP contribution in [0.5, 0.6) is 0 Å². The summed E-state index contributed by atoms with van der Waals surface area (Å²) in [5.41, 5.74) is 0. The van der Waals surface area contributed by atoms with Crippen LogP contribution in [0.3, 0.4) is 0 Å². The number of hydrogen-bond donors (Lipinski definition) is 1. The van der Waals surface area contributed by atoms with Gasteiger partial charge in [0.1, 0.15) is 0 Å². The molecule has 4 atom stereocenters. The average Bonchev–Trinajstić information content (AvgIpc) is 2.26. The first-order chi connectivity index (χ1) is 8.21. The number of piperidine rings is 3. The number of hydrogen-bond acceptors (Lipinski definition) is 3. The van der Waals surface area contributed by atoms with E-state index in [2.05, 4.69) is 38.8 Å². The van der Waals surface area contributed by atoms with Crippen LogP contribution in [0.2, 0.25) is 18.1 Å². The Kier molecular flexibility index (Phi) is 3.94. The molecule has 0 aliphatic carbocycles. The van der Waals surface area contributed by atoms with Gasteiger partial charge in [-0.2, -0.15) is 0 Å². The van der Waals surface area contributed by atoms with Crippen molar-refractivity contribution < 1.29 is 9.53 Å². The Morgan fingerprint density at radius 3 is 2.44 bits per heavy atom. The highest BCUT2D eigenvalue weighted by atomic mass is 28.4. The van der Waals surface area contributed by atoms with Crippen LogP contribution >= 0.6 is 0 Å². The largest absolute Gasteiger partial charge is 0.415 e. The first-order valence-corrected chi connectivity index (χ1v) is 10.2.